The zero-order chi connectivity index (χ0) is 66.2. The Morgan fingerprint density at radius 1 is 0.522 bits per heavy atom. The first-order valence-electron chi connectivity index (χ1n) is 30.9. The second kappa shape index (κ2) is 35.5. The summed E-state index contributed by atoms with van der Waals surface area (Å²) in [7, 11) is 1.24. The number of aliphatic hydroxyl groups excluding tert-OH is 5. The molecule has 1 amide bonds. The van der Waals surface area contributed by atoms with Gasteiger partial charge in [-0.3, -0.25) is 29.3 Å². The van der Waals surface area contributed by atoms with E-state index in [-0.39, 0.29) is 81.3 Å². The summed E-state index contributed by atoms with van der Waals surface area (Å²) in [4.78, 5) is 104. The highest BCUT2D eigenvalue weighted by molar-refractivity contribution is 5.93. The maximum Gasteiger partial charge on any atom is 0.412 e. The van der Waals surface area contributed by atoms with E-state index in [0.29, 0.717) is 25.7 Å². The second-order valence-corrected chi connectivity index (χ2v) is 24.1. The minimum atomic E-state index is -1.23. The summed E-state index contributed by atoms with van der Waals surface area (Å²) in [6, 6.07) is 14.6. The Balaban J connectivity index is 0.000000201. The molecule has 0 aliphatic heterocycles. The Morgan fingerprint density at radius 3 is 1.28 bits per heavy atom. The normalized spacial score (nSPS) is 23.8. The van der Waals surface area contributed by atoms with Crippen LogP contribution in [-0.4, -0.2) is 122 Å². The van der Waals surface area contributed by atoms with Crippen LogP contribution in [0.4, 0.5) is 16.2 Å². The molecular weight excluding hydrogens is 1170 g/mol. The molecule has 5 heterocycles. The number of nitrogens with one attached hydrogen (secondary N) is 1. The van der Waals surface area contributed by atoms with Crippen LogP contribution in [0.25, 0.3) is 0 Å². The molecular formula is C65H91N7O18. The highest BCUT2D eigenvalue weighted by Gasteiger charge is 2.30. The topological polar surface area (TPSA) is 390 Å². The molecule has 5 aliphatic rings. The Kier molecular flexibility index (Phi) is 28.8. The molecule has 5 fully saturated rings. The third-order valence-corrected chi connectivity index (χ3v) is 16.3. The van der Waals surface area contributed by atoms with Crippen LogP contribution in [0.15, 0.2) is 120 Å². The molecule has 5 aromatic rings. The van der Waals surface area contributed by atoms with Gasteiger partial charge in [0.05, 0.1) is 73.7 Å². The van der Waals surface area contributed by atoms with Crippen LogP contribution < -0.4 is 44.6 Å². The van der Waals surface area contributed by atoms with Crippen LogP contribution >= 0.6 is 0 Å². The predicted octanol–water partition coefficient (Wildman–Crippen LogP) is 6.80. The number of rotatable bonds is 8. The zero-order valence-electron chi connectivity index (χ0n) is 52.1. The average molecular weight is 1260 g/mol. The number of nitrogens with zero attached hydrogens (tertiary/aromatic N) is 4. The smallest absolute Gasteiger partial charge is 0.412 e. The number of anilines is 2. The number of carbonyl (C=O) groups excluding carboxylic acids is 3. The molecule has 0 radical (unpaired) electrons. The van der Waals surface area contributed by atoms with Gasteiger partial charge in [-0.05, 0) is 153 Å². The Bertz CT molecular complexity index is 3430. The van der Waals surface area contributed by atoms with Crippen LogP contribution in [0, 0.1) is 0 Å². The van der Waals surface area contributed by atoms with E-state index in [1.165, 1.54) is 76.8 Å². The second-order valence-electron chi connectivity index (χ2n) is 24.1. The van der Waals surface area contributed by atoms with E-state index in [2.05, 4.69) is 14.5 Å². The predicted molar refractivity (Wildman–Crippen MR) is 337 cm³/mol. The molecule has 0 unspecified atom stereocenters. The number of aliphatic hydroxyl groups is 5. The van der Waals surface area contributed by atoms with Gasteiger partial charge in [-0.15, -0.1) is 0 Å². The number of aromatic carboxylic acids is 1. The van der Waals surface area contributed by atoms with Gasteiger partial charge < -0.3 is 74.3 Å². The first kappa shape index (κ1) is 72.9. The summed E-state index contributed by atoms with van der Waals surface area (Å²) in [5, 5.41) is 60.2. The van der Waals surface area contributed by atoms with Crippen molar-refractivity contribution in [3.8, 4) is 0 Å². The van der Waals surface area contributed by atoms with Crippen molar-refractivity contribution in [3.63, 3.8) is 0 Å². The van der Waals surface area contributed by atoms with Crippen molar-refractivity contribution in [2.75, 3.05) is 18.2 Å². The largest absolute Gasteiger partial charge is 0.477 e. The number of nitrogen functional groups attached to an aromatic ring is 1. The number of carboxylic acids is 1. The van der Waals surface area contributed by atoms with Crippen LogP contribution in [0.3, 0.4) is 0 Å². The molecule has 25 heteroatoms. The highest BCUT2D eigenvalue weighted by atomic mass is 16.6. The van der Waals surface area contributed by atoms with Gasteiger partial charge >= 0.3 is 23.7 Å². The molecule has 11 N–H and O–H groups in total. The average Bonchev–Trinajstić information content (AvgIpc) is 1.33. The molecule has 5 aliphatic carbocycles. The van der Waals surface area contributed by atoms with E-state index in [0.717, 1.165) is 96.3 Å². The minimum Gasteiger partial charge on any atom is -0.477 e. The summed E-state index contributed by atoms with van der Waals surface area (Å²) >= 11 is 0. The highest BCUT2D eigenvalue weighted by Crippen LogP contribution is 2.31. The first-order chi connectivity index (χ1) is 42.8. The summed E-state index contributed by atoms with van der Waals surface area (Å²) in [5.74, 6) is -2.14. The maximum absolute atomic E-state index is 12.5. The number of aromatic nitrogens is 4. The van der Waals surface area contributed by atoms with E-state index < -0.39 is 64.8 Å². The van der Waals surface area contributed by atoms with Crippen LogP contribution in [0.5, 0.6) is 0 Å². The Labute approximate surface area is 521 Å². The van der Waals surface area contributed by atoms with Crippen LogP contribution in [0.1, 0.15) is 211 Å². The SMILES string of the molecule is CC(=O)c1cccoc1=O.CC(C)(C)OC(=O)Nc1cccn([C@H]2CCCC[C@H]2O)c1=O.COC(=O)c1cccn([C@H]2CCCC[C@H]2O)c1=O.N[C@H]1CCCC[C@H]1O.Nc1cccn([C@H]2CCCC[C@H]2O)c1=O.O=C(O)c1cccn([C@H]2CCCC[C@H]2O)c1=O. The van der Waals surface area contributed by atoms with Crippen molar-refractivity contribution in [3.05, 3.63) is 160 Å². The number of hydrogen-bond acceptors (Lipinski definition) is 19. The molecule has 0 aromatic carbocycles. The fourth-order valence-electron chi connectivity index (χ4n) is 11.5. The molecule has 5 aromatic heterocycles. The third-order valence-electron chi connectivity index (χ3n) is 16.3. The molecule has 90 heavy (non-hydrogen) atoms. The monoisotopic (exact) mass is 1260 g/mol. The third kappa shape index (κ3) is 21.4. The fraction of sp³-hybridized carbons (Fsp3) is 0.554. The van der Waals surface area contributed by atoms with E-state index in [1.807, 2.05) is 0 Å². The molecule has 0 spiro atoms. The van der Waals surface area contributed by atoms with Crippen molar-refractivity contribution in [1.29, 1.82) is 0 Å². The number of ketones is 1. The van der Waals surface area contributed by atoms with Crippen molar-refractivity contribution in [2.45, 2.75) is 222 Å². The lowest BCUT2D eigenvalue weighted by Gasteiger charge is -2.29. The summed E-state index contributed by atoms with van der Waals surface area (Å²) in [5.41, 5.74) is 8.72. The number of nitrogens with two attached hydrogens (primary N) is 2. The summed E-state index contributed by atoms with van der Waals surface area (Å²) in [6.45, 7) is 6.60. The number of methoxy groups -OCH3 is 1. The number of esters is 1. The maximum atomic E-state index is 12.5. The van der Waals surface area contributed by atoms with Gasteiger partial charge in [-0.1, -0.05) is 64.2 Å². The van der Waals surface area contributed by atoms with Crippen LogP contribution in [0.2, 0.25) is 0 Å². The van der Waals surface area contributed by atoms with Gasteiger partial charge in [0.15, 0.2) is 5.78 Å². The summed E-state index contributed by atoms with van der Waals surface area (Å²) in [6.07, 6.45) is 22.9. The van der Waals surface area contributed by atoms with Gasteiger partial charge in [0.2, 0.25) is 0 Å². The van der Waals surface area contributed by atoms with E-state index in [9.17, 15) is 63.6 Å². The first-order valence-corrected chi connectivity index (χ1v) is 30.9. The lowest BCUT2D eigenvalue weighted by molar-refractivity contribution is 0.0585. The molecule has 10 atom stereocenters. The fourth-order valence-corrected chi connectivity index (χ4v) is 11.5. The molecule has 5 saturated carbocycles. The van der Waals surface area contributed by atoms with Crippen molar-refractivity contribution in [2.24, 2.45) is 5.73 Å². The van der Waals surface area contributed by atoms with Gasteiger partial charge in [0.25, 0.3) is 22.2 Å². The lowest BCUT2D eigenvalue weighted by Crippen LogP contribution is -2.37. The number of carbonyl (C=O) groups is 4. The standard InChI is InChI=1S/C16H24N2O4.C13H17NO4.C12H15NO4.C11H16N2O2.C7H6O3.C6H13NO/c1-16(2,3)22-15(21)17-11-7-6-10-18(14(11)20)12-8-4-5-9-13(12)19;1-18-13(17)9-5-4-8-14(12(9)16)10-6-2-3-7-11(10)15;14-10-6-2-1-5-9(10)13-7-3-4-8(11(13)15)12(16)17;12-8-4-3-7-13(11(8)15)9-5-1-2-6-10(9)14;1-5(8)6-3-2-4-10-7(6)9;7-5-3-1-2-4-6(5)8/h6-7,10,12-13,19H,4-5,8-9H2,1-3H3,(H,17,21);4-5,8,10-11,15H,2-3,6-7H2,1H3;3-4,7,9-10,14H,1-2,5-6H2,(H,16,17);3-4,7,9-10,14H,1-2,5-6,12H2;2-4H,1H3;5-6,8H,1-4,7H2/t12-,13+;10-,11+;2*9-,10+;;5-,6+/m0000.0/s1. The Morgan fingerprint density at radius 2 is 0.900 bits per heavy atom. The van der Waals surface area contributed by atoms with E-state index in [4.69, 9.17) is 26.4 Å². The number of ether oxygens (including phenoxy) is 2. The van der Waals surface area contributed by atoms with Crippen LogP contribution in [-0.2, 0) is 9.47 Å². The number of hydrogen-bond donors (Lipinski definition) is 9. The van der Waals surface area contributed by atoms with Gasteiger partial charge in [-0.2, -0.15) is 0 Å². The van der Waals surface area contributed by atoms with Crippen molar-refractivity contribution < 1.29 is 63.7 Å². The molecule has 0 bridgehead atoms. The van der Waals surface area contributed by atoms with Crippen molar-refractivity contribution in [1.82, 2.24) is 18.3 Å². The van der Waals surface area contributed by atoms with Gasteiger partial charge in [0.1, 0.15) is 28.0 Å². The lowest BCUT2D eigenvalue weighted by atomic mass is 9.92. The molecule has 10 rings (SSSR count). The number of carboxylic acid groups (broad SMARTS) is 1. The van der Waals surface area contributed by atoms with Crippen molar-refractivity contribution >= 4 is 35.2 Å². The Hall–Kier alpha value is -7.81. The van der Waals surface area contributed by atoms with E-state index >= 15 is 0 Å². The molecule has 494 valence electrons. The molecule has 25 nitrogen and oxygen atoms in total. The number of amides is 1. The summed E-state index contributed by atoms with van der Waals surface area (Å²) < 4.78 is 20.1. The number of Topliss-reactive ketones (excluding diaryl/α,β-unsaturated/α-hetero) is 1. The van der Waals surface area contributed by atoms with Gasteiger partial charge in [-0.25, -0.2) is 19.2 Å². The zero-order valence-corrected chi connectivity index (χ0v) is 52.1. The quantitative estimate of drug-likeness (QED) is 0.0569. The minimum absolute atomic E-state index is 0.0118. The van der Waals surface area contributed by atoms with Gasteiger partial charge in [0, 0.05) is 30.8 Å². The number of pyridine rings is 4. The van der Waals surface area contributed by atoms with E-state index in [1.54, 1.807) is 74.4 Å². The molecule has 0 saturated heterocycles.